The molecule has 1 aromatic carbocycles. The predicted octanol–water partition coefficient (Wildman–Crippen LogP) is 1.91. The van der Waals surface area contributed by atoms with Crippen LogP contribution in [0.1, 0.15) is 26.3 Å². The van der Waals surface area contributed by atoms with Gasteiger partial charge in [0.25, 0.3) is 0 Å². The fraction of sp³-hybridized carbons (Fsp3) is 0.562. The molecule has 1 aromatic rings. The highest BCUT2D eigenvalue weighted by Gasteiger charge is 2.15. The summed E-state index contributed by atoms with van der Waals surface area (Å²) in [4.78, 5) is 4.52. The summed E-state index contributed by atoms with van der Waals surface area (Å²) < 4.78 is 5.36. The van der Waals surface area contributed by atoms with E-state index in [1.54, 1.807) is 19.2 Å². The molecule has 0 amide bonds. The van der Waals surface area contributed by atoms with E-state index in [1.165, 1.54) is 0 Å². The maximum Gasteiger partial charge on any atom is 0.191 e. The third-order valence-electron chi connectivity index (χ3n) is 3.13. The molecular weight excluding hydrogens is 266 g/mol. The molecule has 21 heavy (non-hydrogen) atoms. The summed E-state index contributed by atoms with van der Waals surface area (Å²) in [6.45, 7) is 8.20. The Hall–Kier alpha value is -1.75. The van der Waals surface area contributed by atoms with Crippen molar-refractivity contribution in [3.8, 4) is 5.75 Å². The van der Waals surface area contributed by atoms with E-state index in [0.29, 0.717) is 12.3 Å². The van der Waals surface area contributed by atoms with Crippen molar-refractivity contribution in [3.63, 3.8) is 0 Å². The average Bonchev–Trinajstić information content (AvgIpc) is 2.45. The van der Waals surface area contributed by atoms with E-state index in [9.17, 15) is 5.11 Å². The van der Waals surface area contributed by atoms with Gasteiger partial charge in [-0.2, -0.15) is 0 Å². The van der Waals surface area contributed by atoms with Gasteiger partial charge in [-0.3, -0.25) is 4.99 Å². The highest BCUT2D eigenvalue weighted by Crippen LogP contribution is 2.11. The second-order valence-electron chi connectivity index (χ2n) is 5.51. The van der Waals surface area contributed by atoms with Gasteiger partial charge in [-0.15, -0.1) is 0 Å². The lowest BCUT2D eigenvalue weighted by Crippen LogP contribution is -2.40. The monoisotopic (exact) mass is 293 g/mol. The van der Waals surface area contributed by atoms with E-state index in [-0.39, 0.29) is 5.60 Å². The molecule has 5 nitrogen and oxygen atoms in total. The summed E-state index contributed by atoms with van der Waals surface area (Å²) in [5, 5.41) is 15.9. The Kier molecular flexibility index (Phi) is 7.02. The Balaban J connectivity index is 2.49. The maximum atomic E-state index is 9.44. The Morgan fingerprint density at radius 3 is 2.71 bits per heavy atom. The zero-order valence-electron chi connectivity index (χ0n) is 13.4. The van der Waals surface area contributed by atoms with Crippen molar-refractivity contribution in [2.75, 3.05) is 26.7 Å². The van der Waals surface area contributed by atoms with E-state index >= 15 is 0 Å². The van der Waals surface area contributed by atoms with Crippen molar-refractivity contribution in [2.24, 2.45) is 4.99 Å². The molecule has 0 bridgehead atoms. The standard InChI is InChI=1S/C16H27N3O2/c1-5-17-15(19-12-16(2,3)21-4)18-10-9-13-7-6-8-14(20)11-13/h6-8,11,20H,5,9-10,12H2,1-4H3,(H2,17,18,19). The number of nitrogens with zero attached hydrogens (tertiary/aromatic N) is 1. The van der Waals surface area contributed by atoms with Gasteiger partial charge in [0.1, 0.15) is 5.75 Å². The van der Waals surface area contributed by atoms with E-state index in [2.05, 4.69) is 15.6 Å². The minimum Gasteiger partial charge on any atom is -0.508 e. The number of aliphatic imine (C=N–C) groups is 1. The van der Waals surface area contributed by atoms with Crippen LogP contribution < -0.4 is 10.6 Å². The van der Waals surface area contributed by atoms with Crippen molar-refractivity contribution in [1.29, 1.82) is 0 Å². The van der Waals surface area contributed by atoms with Crippen molar-refractivity contribution < 1.29 is 9.84 Å². The van der Waals surface area contributed by atoms with Crippen LogP contribution in [-0.4, -0.2) is 43.4 Å². The smallest absolute Gasteiger partial charge is 0.191 e. The second kappa shape index (κ2) is 8.52. The molecule has 0 radical (unpaired) electrons. The van der Waals surface area contributed by atoms with E-state index in [4.69, 9.17) is 4.74 Å². The summed E-state index contributed by atoms with van der Waals surface area (Å²) in [6, 6.07) is 7.31. The van der Waals surface area contributed by atoms with Gasteiger partial charge >= 0.3 is 0 Å². The minimum absolute atomic E-state index is 0.270. The van der Waals surface area contributed by atoms with Crippen LogP contribution in [0.15, 0.2) is 29.3 Å². The van der Waals surface area contributed by atoms with Crippen LogP contribution in [0.4, 0.5) is 0 Å². The molecule has 0 unspecified atom stereocenters. The van der Waals surface area contributed by atoms with Crippen LogP contribution in [0.3, 0.4) is 0 Å². The first-order valence-corrected chi connectivity index (χ1v) is 7.32. The van der Waals surface area contributed by atoms with Gasteiger partial charge in [-0.25, -0.2) is 0 Å². The molecule has 0 heterocycles. The first kappa shape index (κ1) is 17.3. The zero-order chi connectivity index (χ0) is 15.7. The lowest BCUT2D eigenvalue weighted by atomic mass is 10.1. The van der Waals surface area contributed by atoms with Gasteiger partial charge in [0, 0.05) is 20.2 Å². The van der Waals surface area contributed by atoms with Crippen molar-refractivity contribution in [2.45, 2.75) is 32.8 Å². The molecule has 1 rings (SSSR count). The van der Waals surface area contributed by atoms with Gasteiger partial charge in [0.05, 0.1) is 12.1 Å². The molecule has 0 saturated carbocycles. The van der Waals surface area contributed by atoms with Crippen LogP contribution in [0.2, 0.25) is 0 Å². The van der Waals surface area contributed by atoms with Crippen LogP contribution in [-0.2, 0) is 11.2 Å². The number of hydrogen-bond donors (Lipinski definition) is 3. The second-order valence-corrected chi connectivity index (χ2v) is 5.51. The number of aromatic hydroxyl groups is 1. The van der Waals surface area contributed by atoms with E-state index in [1.807, 2.05) is 32.9 Å². The molecule has 0 aliphatic heterocycles. The first-order chi connectivity index (χ1) is 9.96. The number of rotatable bonds is 7. The lowest BCUT2D eigenvalue weighted by molar-refractivity contribution is 0.0310. The SMILES string of the molecule is CCNC(=NCC(C)(C)OC)NCCc1cccc(O)c1. The van der Waals surface area contributed by atoms with Crippen LogP contribution in [0.5, 0.6) is 5.75 Å². The van der Waals surface area contributed by atoms with Gasteiger partial charge in [-0.05, 0) is 44.9 Å². The highest BCUT2D eigenvalue weighted by molar-refractivity contribution is 5.79. The van der Waals surface area contributed by atoms with Crippen LogP contribution >= 0.6 is 0 Å². The maximum absolute atomic E-state index is 9.44. The molecule has 3 N–H and O–H groups in total. The first-order valence-electron chi connectivity index (χ1n) is 7.32. The van der Waals surface area contributed by atoms with Gasteiger partial charge in [0.2, 0.25) is 0 Å². The minimum atomic E-state index is -0.270. The molecule has 5 heteroatoms. The lowest BCUT2D eigenvalue weighted by Gasteiger charge is -2.21. The Labute approximate surface area is 127 Å². The highest BCUT2D eigenvalue weighted by atomic mass is 16.5. The zero-order valence-corrected chi connectivity index (χ0v) is 13.4. The number of hydrogen-bond acceptors (Lipinski definition) is 3. The molecule has 0 aromatic heterocycles. The largest absolute Gasteiger partial charge is 0.508 e. The predicted molar refractivity (Wildman–Crippen MR) is 86.9 cm³/mol. The molecule has 118 valence electrons. The molecular formula is C16H27N3O2. The Bertz CT molecular complexity index is 459. The van der Waals surface area contributed by atoms with Crippen LogP contribution in [0.25, 0.3) is 0 Å². The number of phenolic OH excluding ortho intramolecular Hbond substituents is 1. The molecule has 0 atom stereocenters. The molecule has 0 aliphatic rings. The Morgan fingerprint density at radius 2 is 2.10 bits per heavy atom. The molecule has 0 aliphatic carbocycles. The number of phenols is 1. The fourth-order valence-electron chi connectivity index (χ4n) is 1.71. The summed E-state index contributed by atoms with van der Waals surface area (Å²) in [6.07, 6.45) is 0.826. The van der Waals surface area contributed by atoms with Gasteiger partial charge in [0.15, 0.2) is 5.96 Å². The van der Waals surface area contributed by atoms with Crippen molar-refractivity contribution >= 4 is 5.96 Å². The third-order valence-corrected chi connectivity index (χ3v) is 3.13. The Morgan fingerprint density at radius 1 is 1.33 bits per heavy atom. The average molecular weight is 293 g/mol. The number of guanidine groups is 1. The normalized spacial score (nSPS) is 12.3. The van der Waals surface area contributed by atoms with Gasteiger partial charge < -0.3 is 20.5 Å². The van der Waals surface area contributed by atoms with Crippen molar-refractivity contribution in [3.05, 3.63) is 29.8 Å². The number of nitrogens with one attached hydrogen (secondary N) is 2. The van der Waals surface area contributed by atoms with E-state index in [0.717, 1.165) is 31.0 Å². The summed E-state index contributed by atoms with van der Waals surface area (Å²) in [5.74, 6) is 1.08. The third kappa shape index (κ3) is 6.99. The summed E-state index contributed by atoms with van der Waals surface area (Å²) in [7, 11) is 1.69. The molecule has 0 spiro atoms. The van der Waals surface area contributed by atoms with Crippen LogP contribution in [0, 0.1) is 0 Å². The summed E-state index contributed by atoms with van der Waals surface area (Å²) >= 11 is 0. The number of benzene rings is 1. The van der Waals surface area contributed by atoms with Gasteiger partial charge in [-0.1, -0.05) is 12.1 Å². The number of methoxy groups -OCH3 is 1. The van der Waals surface area contributed by atoms with E-state index < -0.39 is 0 Å². The summed E-state index contributed by atoms with van der Waals surface area (Å²) in [5.41, 5.74) is 0.823. The fourth-order valence-corrected chi connectivity index (χ4v) is 1.71. The molecule has 0 fully saturated rings. The van der Waals surface area contributed by atoms with Crippen molar-refractivity contribution in [1.82, 2.24) is 10.6 Å². The topological polar surface area (TPSA) is 65.9 Å². The number of ether oxygens (including phenoxy) is 1. The molecule has 0 saturated heterocycles. The quantitative estimate of drug-likeness (QED) is 0.531.